The molecule has 8 nitrogen and oxygen atoms in total. The summed E-state index contributed by atoms with van der Waals surface area (Å²) in [6.45, 7) is 9.81. The first-order valence-corrected chi connectivity index (χ1v) is 12.4. The fourth-order valence-electron chi connectivity index (χ4n) is 4.46. The second kappa shape index (κ2) is 15.7. The highest BCUT2D eigenvalue weighted by molar-refractivity contribution is 5.77. The first-order valence-electron chi connectivity index (χ1n) is 12.9. The first-order chi connectivity index (χ1) is 15.4. The third-order valence-corrected chi connectivity index (χ3v) is 6.41. The molecule has 180 valence electrons. The average molecular weight is 440 g/mol. The fourth-order valence-corrected chi connectivity index (χ4v) is 4.46. The Morgan fingerprint density at radius 1 is 0.968 bits per heavy atom. The van der Waals surface area contributed by atoms with Gasteiger partial charge in [0.1, 0.15) is 7.63 Å². The molecule has 0 radical (unpaired) electrons. The average Bonchev–Trinajstić information content (AvgIpc) is 2.78. The van der Waals surface area contributed by atoms with Crippen LogP contribution in [0, 0.1) is 0 Å². The molecule has 0 aromatic rings. The summed E-state index contributed by atoms with van der Waals surface area (Å²) in [6, 6.07) is 2.20. The summed E-state index contributed by atoms with van der Waals surface area (Å²) >= 11 is 0. The zero-order valence-corrected chi connectivity index (χ0v) is 19.6. The fraction of sp³-hybridized carbons (Fsp3) is 0.913. The van der Waals surface area contributed by atoms with Gasteiger partial charge in [-0.05, 0) is 39.5 Å². The second-order valence-electron chi connectivity index (χ2n) is 9.27. The van der Waals surface area contributed by atoms with Gasteiger partial charge in [-0.2, -0.15) is 0 Å². The number of amides is 1. The lowest BCUT2D eigenvalue weighted by atomic mass is 9.90. The van der Waals surface area contributed by atoms with E-state index < -0.39 is 6.26 Å². The monoisotopic (exact) mass is 439 g/mol. The molecule has 0 spiro atoms. The predicted molar refractivity (Wildman–Crippen MR) is 126 cm³/mol. The van der Waals surface area contributed by atoms with Crippen LogP contribution in [0.15, 0.2) is 0 Å². The molecule has 2 aliphatic rings. The molecule has 1 heterocycles. The lowest BCUT2D eigenvalue weighted by Crippen LogP contribution is -2.54. The smallest absolute Gasteiger partial charge is 0.220 e. The highest BCUT2D eigenvalue weighted by Crippen LogP contribution is 2.18. The van der Waals surface area contributed by atoms with E-state index in [0.717, 1.165) is 45.6 Å². The SMILES string of the molecule is [2H]C(=O)CCC(=O)NCCC[C@H]1CN[C@@H]2CCCC[C@H]2NCCN[C@@H](C)CN[C@H](C)CN1. The molecule has 1 saturated carbocycles. The molecule has 6 N–H and O–H groups in total. The number of carbonyl (C=O) groups is 2. The van der Waals surface area contributed by atoms with Crippen LogP contribution in [0.25, 0.3) is 0 Å². The minimum Gasteiger partial charge on any atom is -0.356 e. The van der Waals surface area contributed by atoms with Crippen LogP contribution in [0.5, 0.6) is 0 Å². The Bertz CT molecular complexity index is 553. The highest BCUT2D eigenvalue weighted by Gasteiger charge is 2.25. The maximum Gasteiger partial charge on any atom is 0.220 e. The van der Waals surface area contributed by atoms with Crippen molar-refractivity contribution >= 4 is 12.2 Å². The molecular weight excluding hydrogens is 392 g/mol. The Labute approximate surface area is 190 Å². The molecule has 8 heteroatoms. The van der Waals surface area contributed by atoms with E-state index in [1.54, 1.807) is 0 Å². The lowest BCUT2D eigenvalue weighted by molar-refractivity contribution is -0.122. The molecule has 0 aromatic heterocycles. The van der Waals surface area contributed by atoms with Gasteiger partial charge in [-0.15, -0.1) is 0 Å². The molecule has 5 atom stereocenters. The number of nitrogens with one attached hydrogen (secondary N) is 6. The highest BCUT2D eigenvalue weighted by atomic mass is 16.1. The van der Waals surface area contributed by atoms with E-state index in [4.69, 9.17) is 1.37 Å². The van der Waals surface area contributed by atoms with Gasteiger partial charge in [0, 0.05) is 82.3 Å². The van der Waals surface area contributed by atoms with Gasteiger partial charge in [-0.1, -0.05) is 12.8 Å². The van der Waals surface area contributed by atoms with E-state index >= 15 is 0 Å². The summed E-state index contributed by atoms with van der Waals surface area (Å²) in [5.74, 6) is -0.143. The summed E-state index contributed by atoms with van der Waals surface area (Å²) in [4.78, 5) is 22.5. The number of carbonyl (C=O) groups excluding carboxylic acids is 2. The number of aldehydes is 1. The zero-order chi connectivity index (χ0) is 23.2. The first kappa shape index (κ1) is 24.6. The Balaban J connectivity index is 1.84. The Kier molecular flexibility index (Phi) is 12.4. The molecule has 1 aliphatic heterocycles. The maximum atomic E-state index is 11.8. The zero-order valence-electron chi connectivity index (χ0n) is 20.6. The van der Waals surface area contributed by atoms with Crippen LogP contribution in [-0.2, 0) is 9.59 Å². The quantitative estimate of drug-likeness (QED) is 0.250. The van der Waals surface area contributed by atoms with E-state index in [0.29, 0.717) is 36.8 Å². The van der Waals surface area contributed by atoms with Crippen LogP contribution < -0.4 is 31.9 Å². The summed E-state index contributed by atoms with van der Waals surface area (Å²) < 4.78 is 6.90. The van der Waals surface area contributed by atoms with Crippen LogP contribution in [0.4, 0.5) is 0 Å². The van der Waals surface area contributed by atoms with Crippen molar-refractivity contribution in [2.45, 2.75) is 95.4 Å². The van der Waals surface area contributed by atoms with E-state index in [2.05, 4.69) is 45.7 Å². The van der Waals surface area contributed by atoms with E-state index in [1.807, 2.05) is 0 Å². The van der Waals surface area contributed by atoms with Gasteiger partial charge in [-0.3, -0.25) is 4.79 Å². The molecule has 0 aromatic carbocycles. The van der Waals surface area contributed by atoms with E-state index in [1.165, 1.54) is 25.7 Å². The van der Waals surface area contributed by atoms with Crippen molar-refractivity contribution in [1.82, 2.24) is 31.9 Å². The Hall–Kier alpha value is -1.06. The predicted octanol–water partition coefficient (Wildman–Crippen LogP) is 0.280. The summed E-state index contributed by atoms with van der Waals surface area (Å²) in [5, 5.41) is 21.4. The number of hydrogen-bond donors (Lipinski definition) is 6. The molecule has 0 bridgehead atoms. The Morgan fingerprint density at radius 3 is 2.42 bits per heavy atom. The molecule has 2 rings (SSSR count). The number of rotatable bonds is 7. The van der Waals surface area contributed by atoms with Gasteiger partial charge in [0.25, 0.3) is 0 Å². The van der Waals surface area contributed by atoms with Crippen LogP contribution >= 0.6 is 0 Å². The van der Waals surface area contributed by atoms with Crippen molar-refractivity contribution in [2.24, 2.45) is 0 Å². The van der Waals surface area contributed by atoms with Crippen LogP contribution in [-0.4, -0.2) is 81.6 Å². The minimum atomic E-state index is -0.686. The number of fused-ring (bicyclic) bond motifs is 1. The number of hydrogen-bond acceptors (Lipinski definition) is 7. The maximum absolute atomic E-state index is 11.8. The topological polar surface area (TPSA) is 106 Å². The van der Waals surface area contributed by atoms with Crippen molar-refractivity contribution in [2.75, 3.05) is 39.3 Å². The third-order valence-electron chi connectivity index (χ3n) is 6.41. The molecule has 1 amide bonds. The summed E-state index contributed by atoms with van der Waals surface area (Å²) in [7, 11) is 0. The largest absolute Gasteiger partial charge is 0.356 e. The van der Waals surface area contributed by atoms with Crippen molar-refractivity contribution in [3.63, 3.8) is 0 Å². The standard InChI is InChI=1S/C23H46N6O2/c1-18-15-27-19(2)16-28-20(7-5-11-26-23(31)10-6-14-30)17-29-22-9-4-3-8-21(22)25-13-12-24-18/h14,18-22,24-25,27-29H,3-13,15-17H2,1-2H3,(H,26,31)/t18-,19+,20-,21+,22+/m0/s1/i14D. The third kappa shape index (κ3) is 11.4. The molecule has 0 unspecified atom stereocenters. The van der Waals surface area contributed by atoms with Gasteiger partial charge >= 0.3 is 0 Å². The van der Waals surface area contributed by atoms with Crippen molar-refractivity contribution in [3.05, 3.63) is 0 Å². The second-order valence-corrected chi connectivity index (χ2v) is 9.27. The normalized spacial score (nSPS) is 32.1. The van der Waals surface area contributed by atoms with Gasteiger partial charge < -0.3 is 36.7 Å². The summed E-state index contributed by atoms with van der Waals surface area (Å²) in [5.41, 5.74) is 0. The molecule has 1 saturated heterocycles. The lowest BCUT2D eigenvalue weighted by Gasteiger charge is -2.34. The minimum absolute atomic E-state index is 0.00441. The van der Waals surface area contributed by atoms with Crippen LogP contribution in [0.2, 0.25) is 0 Å². The van der Waals surface area contributed by atoms with Crippen molar-refractivity contribution in [3.8, 4) is 0 Å². The molecule has 31 heavy (non-hydrogen) atoms. The van der Waals surface area contributed by atoms with Crippen LogP contribution in [0.3, 0.4) is 0 Å². The van der Waals surface area contributed by atoms with E-state index in [-0.39, 0.29) is 18.7 Å². The van der Waals surface area contributed by atoms with Gasteiger partial charge in [0.2, 0.25) is 5.91 Å². The van der Waals surface area contributed by atoms with Crippen LogP contribution in [0.1, 0.15) is 66.6 Å². The van der Waals surface area contributed by atoms with E-state index in [9.17, 15) is 9.59 Å². The summed E-state index contributed by atoms with van der Waals surface area (Å²) in [6.07, 6.45) is 6.32. The van der Waals surface area contributed by atoms with Crippen molar-refractivity contribution < 1.29 is 11.0 Å². The molecular formula is C23H46N6O2. The Morgan fingerprint density at radius 2 is 1.65 bits per heavy atom. The van der Waals surface area contributed by atoms with Gasteiger partial charge in [-0.25, -0.2) is 0 Å². The molecule has 2 fully saturated rings. The van der Waals surface area contributed by atoms with Gasteiger partial charge in [0.15, 0.2) is 0 Å². The van der Waals surface area contributed by atoms with Crippen molar-refractivity contribution in [1.29, 1.82) is 0 Å². The molecule has 1 aliphatic carbocycles. The van der Waals surface area contributed by atoms with Gasteiger partial charge in [0.05, 0.1) is 0 Å².